The van der Waals surface area contributed by atoms with E-state index in [-0.39, 0.29) is 18.6 Å². The van der Waals surface area contributed by atoms with Crippen LogP contribution in [0.5, 0.6) is 0 Å². The number of hydrogen-bond acceptors (Lipinski definition) is 3. The number of benzene rings is 1. The number of hydrogen-bond donors (Lipinski definition) is 1. The Morgan fingerprint density at radius 1 is 1.50 bits per heavy atom. The van der Waals surface area contributed by atoms with E-state index in [1.54, 1.807) is 6.92 Å². The third-order valence-corrected chi connectivity index (χ3v) is 2.05. The minimum absolute atomic E-state index is 0.106. The Labute approximate surface area is 92.2 Å². The van der Waals surface area contributed by atoms with Gasteiger partial charge in [0.05, 0.1) is 13.0 Å². The van der Waals surface area contributed by atoms with Gasteiger partial charge in [0.25, 0.3) is 0 Å². The average molecular weight is 229 g/mol. The molecule has 1 atom stereocenters. The van der Waals surface area contributed by atoms with Crippen molar-refractivity contribution in [3.05, 3.63) is 35.4 Å². The van der Waals surface area contributed by atoms with Crippen LogP contribution in [0.1, 0.15) is 24.9 Å². The first-order chi connectivity index (χ1) is 7.54. The SMILES string of the molecule is CCOC(=O)C[C@@H](N)c1ccc(F)cc1F. The summed E-state index contributed by atoms with van der Waals surface area (Å²) in [5, 5.41) is 0. The molecule has 88 valence electrons. The van der Waals surface area contributed by atoms with Crippen LogP contribution in [0.4, 0.5) is 8.78 Å². The molecule has 16 heavy (non-hydrogen) atoms. The second-order valence-electron chi connectivity index (χ2n) is 3.28. The molecule has 0 radical (unpaired) electrons. The van der Waals surface area contributed by atoms with Gasteiger partial charge in [-0.15, -0.1) is 0 Å². The van der Waals surface area contributed by atoms with Gasteiger partial charge in [-0.3, -0.25) is 4.79 Å². The van der Waals surface area contributed by atoms with Crippen LogP contribution in [-0.2, 0) is 9.53 Å². The van der Waals surface area contributed by atoms with Crippen molar-refractivity contribution in [1.82, 2.24) is 0 Å². The van der Waals surface area contributed by atoms with Gasteiger partial charge in [0.15, 0.2) is 0 Å². The molecule has 0 aliphatic rings. The summed E-state index contributed by atoms with van der Waals surface area (Å²) in [4.78, 5) is 11.1. The highest BCUT2D eigenvalue weighted by molar-refractivity contribution is 5.70. The van der Waals surface area contributed by atoms with Crippen molar-refractivity contribution in [1.29, 1.82) is 0 Å². The quantitative estimate of drug-likeness (QED) is 0.802. The van der Waals surface area contributed by atoms with Crippen LogP contribution in [0.2, 0.25) is 0 Å². The van der Waals surface area contributed by atoms with Gasteiger partial charge in [-0.2, -0.15) is 0 Å². The normalized spacial score (nSPS) is 12.2. The molecule has 1 aromatic carbocycles. The molecule has 0 aliphatic heterocycles. The van der Waals surface area contributed by atoms with Crippen LogP contribution in [0, 0.1) is 11.6 Å². The van der Waals surface area contributed by atoms with Crippen LogP contribution >= 0.6 is 0 Å². The van der Waals surface area contributed by atoms with E-state index in [1.807, 2.05) is 0 Å². The zero-order valence-corrected chi connectivity index (χ0v) is 8.87. The predicted molar refractivity (Wildman–Crippen MR) is 54.5 cm³/mol. The van der Waals surface area contributed by atoms with Gasteiger partial charge in [-0.25, -0.2) is 8.78 Å². The van der Waals surface area contributed by atoms with Crippen molar-refractivity contribution in [2.24, 2.45) is 5.73 Å². The van der Waals surface area contributed by atoms with Crippen molar-refractivity contribution in [3.8, 4) is 0 Å². The number of ether oxygens (including phenoxy) is 1. The molecule has 0 unspecified atom stereocenters. The molecule has 1 aromatic rings. The number of halogens is 2. The summed E-state index contributed by atoms with van der Waals surface area (Å²) in [7, 11) is 0. The van der Waals surface area contributed by atoms with E-state index in [2.05, 4.69) is 4.74 Å². The lowest BCUT2D eigenvalue weighted by Gasteiger charge is -2.11. The largest absolute Gasteiger partial charge is 0.466 e. The molecule has 0 amide bonds. The Morgan fingerprint density at radius 3 is 2.75 bits per heavy atom. The van der Waals surface area contributed by atoms with E-state index in [0.717, 1.165) is 12.1 Å². The molecular formula is C11H13F2NO2. The van der Waals surface area contributed by atoms with Crippen LogP contribution < -0.4 is 5.73 Å². The molecule has 0 fully saturated rings. The zero-order chi connectivity index (χ0) is 12.1. The van der Waals surface area contributed by atoms with E-state index in [4.69, 9.17) is 5.73 Å². The molecular weight excluding hydrogens is 216 g/mol. The van der Waals surface area contributed by atoms with Crippen LogP contribution in [-0.4, -0.2) is 12.6 Å². The minimum atomic E-state index is -0.820. The summed E-state index contributed by atoms with van der Waals surface area (Å²) in [5.41, 5.74) is 5.72. The van der Waals surface area contributed by atoms with Crippen LogP contribution in [0.3, 0.4) is 0 Å². The Morgan fingerprint density at radius 2 is 2.19 bits per heavy atom. The van der Waals surface area contributed by atoms with E-state index in [1.165, 1.54) is 6.07 Å². The van der Waals surface area contributed by atoms with E-state index in [9.17, 15) is 13.6 Å². The molecule has 0 spiro atoms. The van der Waals surface area contributed by atoms with Crippen molar-refractivity contribution in [3.63, 3.8) is 0 Å². The summed E-state index contributed by atoms with van der Waals surface area (Å²) in [5.74, 6) is -1.93. The second-order valence-corrected chi connectivity index (χ2v) is 3.28. The van der Waals surface area contributed by atoms with E-state index < -0.39 is 23.6 Å². The van der Waals surface area contributed by atoms with Crippen molar-refractivity contribution >= 4 is 5.97 Å². The van der Waals surface area contributed by atoms with Crippen molar-refractivity contribution < 1.29 is 18.3 Å². The lowest BCUT2D eigenvalue weighted by Crippen LogP contribution is -2.18. The average Bonchev–Trinajstić information content (AvgIpc) is 2.17. The second kappa shape index (κ2) is 5.55. The lowest BCUT2D eigenvalue weighted by atomic mass is 10.0. The highest BCUT2D eigenvalue weighted by Crippen LogP contribution is 2.19. The standard InChI is InChI=1S/C11H13F2NO2/c1-2-16-11(15)6-10(14)8-4-3-7(12)5-9(8)13/h3-5,10H,2,6,14H2,1H3/t10-/m1/s1. The number of rotatable bonds is 4. The van der Waals surface area contributed by atoms with Crippen LogP contribution in [0.25, 0.3) is 0 Å². The molecule has 0 heterocycles. The highest BCUT2D eigenvalue weighted by Gasteiger charge is 2.16. The molecule has 0 saturated heterocycles. The van der Waals surface area contributed by atoms with Gasteiger partial charge in [0.2, 0.25) is 0 Å². The maximum absolute atomic E-state index is 13.3. The summed E-state index contributed by atoms with van der Waals surface area (Å²) in [6.45, 7) is 1.92. The molecule has 0 saturated carbocycles. The molecule has 5 heteroatoms. The van der Waals surface area contributed by atoms with Crippen molar-refractivity contribution in [2.45, 2.75) is 19.4 Å². The van der Waals surface area contributed by atoms with Gasteiger partial charge in [-0.05, 0) is 13.0 Å². The fourth-order valence-electron chi connectivity index (χ4n) is 1.31. The molecule has 0 aromatic heterocycles. The fraction of sp³-hybridized carbons (Fsp3) is 0.364. The summed E-state index contributed by atoms with van der Waals surface area (Å²) in [6.07, 6.45) is -0.129. The maximum atomic E-state index is 13.3. The number of carbonyl (C=O) groups is 1. The molecule has 0 bridgehead atoms. The minimum Gasteiger partial charge on any atom is -0.466 e. The monoisotopic (exact) mass is 229 g/mol. The Balaban J connectivity index is 2.72. The summed E-state index contributed by atoms with van der Waals surface area (Å²) >= 11 is 0. The van der Waals surface area contributed by atoms with Gasteiger partial charge >= 0.3 is 5.97 Å². The molecule has 1 rings (SSSR count). The molecule has 2 N–H and O–H groups in total. The Bertz CT molecular complexity index is 382. The third kappa shape index (κ3) is 3.27. The third-order valence-electron chi connectivity index (χ3n) is 2.05. The lowest BCUT2D eigenvalue weighted by molar-refractivity contribution is -0.143. The Hall–Kier alpha value is -1.49. The zero-order valence-electron chi connectivity index (χ0n) is 8.87. The Kier molecular flexibility index (Phi) is 4.37. The first-order valence-electron chi connectivity index (χ1n) is 4.90. The first kappa shape index (κ1) is 12.6. The maximum Gasteiger partial charge on any atom is 0.307 e. The highest BCUT2D eigenvalue weighted by atomic mass is 19.1. The van der Waals surface area contributed by atoms with Gasteiger partial charge in [-0.1, -0.05) is 6.07 Å². The fourth-order valence-corrected chi connectivity index (χ4v) is 1.31. The van der Waals surface area contributed by atoms with Crippen molar-refractivity contribution in [2.75, 3.05) is 6.61 Å². The number of nitrogens with two attached hydrogens (primary N) is 1. The topological polar surface area (TPSA) is 52.3 Å². The van der Waals surface area contributed by atoms with E-state index in [0.29, 0.717) is 0 Å². The number of esters is 1. The predicted octanol–water partition coefficient (Wildman–Crippen LogP) is 1.92. The summed E-state index contributed by atoms with van der Waals surface area (Å²) in [6, 6.07) is 2.25. The molecule has 0 aliphatic carbocycles. The van der Waals surface area contributed by atoms with Gasteiger partial charge in [0.1, 0.15) is 11.6 Å². The smallest absolute Gasteiger partial charge is 0.307 e. The van der Waals surface area contributed by atoms with Gasteiger partial charge in [0, 0.05) is 17.7 Å². The summed E-state index contributed by atoms with van der Waals surface area (Å²) < 4.78 is 30.6. The molecule has 3 nitrogen and oxygen atoms in total. The van der Waals surface area contributed by atoms with E-state index >= 15 is 0 Å². The first-order valence-corrected chi connectivity index (χ1v) is 4.90. The number of carbonyl (C=O) groups excluding carboxylic acids is 1. The van der Waals surface area contributed by atoms with Gasteiger partial charge < -0.3 is 10.5 Å². The van der Waals surface area contributed by atoms with Crippen LogP contribution in [0.15, 0.2) is 18.2 Å².